The number of nitrogens with two attached hydrogens (primary N) is 2. The van der Waals surface area contributed by atoms with E-state index in [-0.39, 0.29) is 0 Å². The molecule has 0 aliphatic carbocycles. The predicted octanol–water partition coefficient (Wildman–Crippen LogP) is -0.692. The van der Waals surface area contributed by atoms with Crippen molar-refractivity contribution in [2.24, 2.45) is 23.7 Å². The van der Waals surface area contributed by atoms with Gasteiger partial charge in [0.1, 0.15) is 5.69 Å². The number of aromatic nitrogens is 2. The lowest BCUT2D eigenvalue weighted by molar-refractivity contribution is 0.748. The molecule has 5 nitrogen and oxygen atoms in total. The van der Waals surface area contributed by atoms with E-state index in [1.165, 1.54) is 0 Å². The fourth-order valence-corrected chi connectivity index (χ4v) is 0.916. The molecule has 0 aliphatic rings. The summed E-state index contributed by atoms with van der Waals surface area (Å²) in [7, 11) is 1.79. The molecule has 0 aliphatic heterocycles. The van der Waals surface area contributed by atoms with Crippen LogP contribution in [0, 0.1) is 6.92 Å². The van der Waals surface area contributed by atoms with Gasteiger partial charge in [-0.15, -0.1) is 0 Å². The average molecular weight is 153 g/mol. The Bertz CT molecular complexity index is 285. The molecule has 4 N–H and O–H groups in total. The smallest absolute Gasteiger partial charge is 0.168 e. The molecule has 1 aromatic heterocycles. The quantitative estimate of drug-likeness (QED) is 0.242. The number of nitrogens with zero attached hydrogens (tertiary/aromatic N) is 3. The molecule has 1 heterocycles. The van der Waals surface area contributed by atoms with Crippen LogP contribution in [0.5, 0.6) is 0 Å². The van der Waals surface area contributed by atoms with Gasteiger partial charge in [0.15, 0.2) is 5.84 Å². The summed E-state index contributed by atoms with van der Waals surface area (Å²) >= 11 is 0. The van der Waals surface area contributed by atoms with E-state index in [2.05, 4.69) is 10.2 Å². The fraction of sp³-hybridized carbons (Fsp3) is 0.333. The van der Waals surface area contributed by atoms with Gasteiger partial charge in [0.2, 0.25) is 0 Å². The SMILES string of the molecule is Cc1cc(C(N)=NN)n(C)n1. The summed E-state index contributed by atoms with van der Waals surface area (Å²) in [5, 5.41) is 7.45. The molecule has 1 rings (SSSR count). The Balaban J connectivity index is 3.13. The molecule has 0 amide bonds. The van der Waals surface area contributed by atoms with Crippen LogP contribution in [0.4, 0.5) is 0 Å². The van der Waals surface area contributed by atoms with E-state index in [1.807, 2.05) is 13.0 Å². The lowest BCUT2D eigenvalue weighted by Gasteiger charge is -1.96. The van der Waals surface area contributed by atoms with Crippen molar-refractivity contribution in [1.82, 2.24) is 9.78 Å². The largest absolute Gasteiger partial charge is 0.381 e. The van der Waals surface area contributed by atoms with Crippen LogP contribution in [0.3, 0.4) is 0 Å². The Morgan fingerprint density at radius 1 is 1.73 bits per heavy atom. The van der Waals surface area contributed by atoms with Crippen LogP contribution in [-0.2, 0) is 7.05 Å². The third-order valence-electron chi connectivity index (χ3n) is 1.40. The minimum atomic E-state index is 0.299. The van der Waals surface area contributed by atoms with E-state index in [4.69, 9.17) is 11.6 Å². The van der Waals surface area contributed by atoms with E-state index >= 15 is 0 Å². The molecule has 0 unspecified atom stereocenters. The van der Waals surface area contributed by atoms with Gasteiger partial charge in [-0.25, -0.2) is 0 Å². The second-order valence-electron chi connectivity index (χ2n) is 2.31. The van der Waals surface area contributed by atoms with Crippen molar-refractivity contribution in [1.29, 1.82) is 0 Å². The molecule has 5 heteroatoms. The van der Waals surface area contributed by atoms with Crippen molar-refractivity contribution < 1.29 is 0 Å². The van der Waals surface area contributed by atoms with Gasteiger partial charge in [-0.05, 0) is 13.0 Å². The lowest BCUT2D eigenvalue weighted by atomic mass is 10.3. The Morgan fingerprint density at radius 2 is 2.36 bits per heavy atom. The summed E-state index contributed by atoms with van der Waals surface area (Å²) in [6.45, 7) is 1.88. The number of amidine groups is 1. The van der Waals surface area contributed by atoms with Crippen molar-refractivity contribution in [2.75, 3.05) is 0 Å². The third kappa shape index (κ3) is 1.31. The zero-order chi connectivity index (χ0) is 8.43. The summed E-state index contributed by atoms with van der Waals surface area (Å²) < 4.78 is 1.64. The van der Waals surface area contributed by atoms with Crippen LogP contribution in [0.2, 0.25) is 0 Å². The summed E-state index contributed by atoms with van der Waals surface area (Å²) in [6.07, 6.45) is 0. The number of hydrogen-bond acceptors (Lipinski definition) is 3. The van der Waals surface area contributed by atoms with Crippen molar-refractivity contribution in [3.8, 4) is 0 Å². The van der Waals surface area contributed by atoms with Crippen LogP contribution in [0.25, 0.3) is 0 Å². The number of rotatable bonds is 1. The van der Waals surface area contributed by atoms with Crippen molar-refractivity contribution in [3.63, 3.8) is 0 Å². The van der Waals surface area contributed by atoms with Gasteiger partial charge >= 0.3 is 0 Å². The Kier molecular flexibility index (Phi) is 1.80. The normalized spacial score (nSPS) is 12.0. The highest BCUT2D eigenvalue weighted by atomic mass is 15.3. The van der Waals surface area contributed by atoms with Crippen LogP contribution in [0.15, 0.2) is 11.2 Å². The molecular weight excluding hydrogens is 142 g/mol. The van der Waals surface area contributed by atoms with Gasteiger partial charge in [-0.3, -0.25) is 4.68 Å². The first-order valence-corrected chi connectivity index (χ1v) is 3.19. The number of aryl methyl sites for hydroxylation is 2. The molecule has 0 radical (unpaired) electrons. The van der Waals surface area contributed by atoms with Crippen molar-refractivity contribution >= 4 is 5.84 Å². The maximum Gasteiger partial charge on any atom is 0.168 e. The lowest BCUT2D eigenvalue weighted by Crippen LogP contribution is -2.19. The Morgan fingerprint density at radius 3 is 2.73 bits per heavy atom. The van der Waals surface area contributed by atoms with Gasteiger partial charge in [-0.2, -0.15) is 10.2 Å². The van der Waals surface area contributed by atoms with E-state index < -0.39 is 0 Å². The molecular formula is C6H11N5. The van der Waals surface area contributed by atoms with E-state index in [0.29, 0.717) is 5.84 Å². The number of hydrazone groups is 1. The third-order valence-corrected chi connectivity index (χ3v) is 1.40. The molecule has 0 atom stereocenters. The highest BCUT2D eigenvalue weighted by molar-refractivity contribution is 5.95. The Labute approximate surface area is 64.7 Å². The van der Waals surface area contributed by atoms with Crippen molar-refractivity contribution in [3.05, 3.63) is 17.5 Å². The van der Waals surface area contributed by atoms with E-state index in [0.717, 1.165) is 11.4 Å². The van der Waals surface area contributed by atoms with E-state index in [9.17, 15) is 0 Å². The predicted molar refractivity (Wildman–Crippen MR) is 42.9 cm³/mol. The van der Waals surface area contributed by atoms with Gasteiger partial charge in [0.05, 0.1) is 5.69 Å². The molecule has 0 fully saturated rings. The number of hydrogen-bond donors (Lipinski definition) is 2. The average Bonchev–Trinajstić information content (AvgIpc) is 2.28. The molecule has 11 heavy (non-hydrogen) atoms. The summed E-state index contributed by atoms with van der Waals surface area (Å²) in [6, 6.07) is 1.83. The molecule has 0 spiro atoms. The summed E-state index contributed by atoms with van der Waals surface area (Å²) in [4.78, 5) is 0. The molecule has 1 aromatic rings. The molecule has 0 bridgehead atoms. The summed E-state index contributed by atoms with van der Waals surface area (Å²) in [5.74, 6) is 5.30. The van der Waals surface area contributed by atoms with Gasteiger partial charge in [-0.1, -0.05) is 0 Å². The standard InChI is InChI=1S/C6H11N5/c1-4-3-5(6(7)9-8)11(2)10-4/h3H,8H2,1-2H3,(H2,7,9). The van der Waals surface area contributed by atoms with Crippen LogP contribution < -0.4 is 11.6 Å². The second-order valence-corrected chi connectivity index (χ2v) is 2.31. The Hall–Kier alpha value is -1.52. The molecule has 0 aromatic carbocycles. The fourth-order valence-electron chi connectivity index (χ4n) is 0.916. The van der Waals surface area contributed by atoms with Gasteiger partial charge < -0.3 is 11.6 Å². The molecule has 60 valence electrons. The monoisotopic (exact) mass is 153 g/mol. The zero-order valence-electron chi connectivity index (χ0n) is 6.57. The highest BCUT2D eigenvalue weighted by Gasteiger charge is 2.04. The first-order chi connectivity index (χ1) is 5.15. The zero-order valence-corrected chi connectivity index (χ0v) is 6.57. The topological polar surface area (TPSA) is 82.2 Å². The highest BCUT2D eigenvalue weighted by Crippen LogP contribution is 1.99. The van der Waals surface area contributed by atoms with E-state index in [1.54, 1.807) is 11.7 Å². The second kappa shape index (κ2) is 2.61. The van der Waals surface area contributed by atoms with Crippen LogP contribution in [0.1, 0.15) is 11.4 Å². The molecule has 0 saturated heterocycles. The maximum atomic E-state index is 5.47. The maximum absolute atomic E-state index is 5.47. The minimum Gasteiger partial charge on any atom is -0.381 e. The molecule has 0 saturated carbocycles. The van der Waals surface area contributed by atoms with Crippen molar-refractivity contribution in [2.45, 2.75) is 6.92 Å². The first-order valence-electron chi connectivity index (χ1n) is 3.19. The van der Waals surface area contributed by atoms with Gasteiger partial charge in [0, 0.05) is 7.05 Å². The minimum absolute atomic E-state index is 0.299. The van der Waals surface area contributed by atoms with Crippen LogP contribution >= 0.6 is 0 Å². The van der Waals surface area contributed by atoms with Crippen LogP contribution in [-0.4, -0.2) is 15.6 Å². The van der Waals surface area contributed by atoms with Gasteiger partial charge in [0.25, 0.3) is 0 Å². The first kappa shape index (κ1) is 7.59. The summed E-state index contributed by atoms with van der Waals surface area (Å²) in [5.41, 5.74) is 7.11.